The van der Waals surface area contributed by atoms with Crippen molar-refractivity contribution in [1.82, 2.24) is 0 Å². The number of hydrogen-bond acceptors (Lipinski definition) is 7. The zero-order valence-electron chi connectivity index (χ0n) is 9.35. The Morgan fingerprint density at radius 2 is 1.94 bits per heavy atom. The highest BCUT2D eigenvalue weighted by molar-refractivity contribution is 8.23. The van der Waals surface area contributed by atoms with Crippen LogP contribution in [0.25, 0.3) is 0 Å². The first kappa shape index (κ1) is 15.2. The van der Waals surface area contributed by atoms with Gasteiger partial charge in [-0.05, 0) is 19.1 Å². The molecule has 0 aromatic carbocycles. The molecule has 7 heteroatoms. The van der Waals surface area contributed by atoms with Crippen LogP contribution in [0.2, 0.25) is 0 Å². The standard InChI is InChI=1S/C9H14O5S2/c1-4-14-9(15)16-6(8(11)13-3)5-7(10)12-2/h6H,4-5H2,1-3H3. The van der Waals surface area contributed by atoms with E-state index >= 15 is 0 Å². The Hall–Kier alpha value is -0.820. The number of esters is 2. The summed E-state index contributed by atoms with van der Waals surface area (Å²) in [6.45, 7) is 2.19. The van der Waals surface area contributed by atoms with Gasteiger partial charge in [-0.2, -0.15) is 0 Å². The Morgan fingerprint density at radius 3 is 2.38 bits per heavy atom. The van der Waals surface area contributed by atoms with Crippen LogP contribution >= 0.6 is 24.0 Å². The van der Waals surface area contributed by atoms with Crippen molar-refractivity contribution in [3.8, 4) is 0 Å². The van der Waals surface area contributed by atoms with Crippen molar-refractivity contribution in [3.63, 3.8) is 0 Å². The summed E-state index contributed by atoms with van der Waals surface area (Å²) >= 11 is 5.85. The number of carbonyl (C=O) groups excluding carboxylic acids is 2. The highest BCUT2D eigenvalue weighted by atomic mass is 32.2. The van der Waals surface area contributed by atoms with Gasteiger partial charge in [0.25, 0.3) is 0 Å². The minimum absolute atomic E-state index is 0.0962. The lowest BCUT2D eigenvalue weighted by Crippen LogP contribution is -2.24. The molecule has 0 aliphatic rings. The van der Waals surface area contributed by atoms with E-state index in [1.54, 1.807) is 6.92 Å². The van der Waals surface area contributed by atoms with Crippen molar-refractivity contribution in [2.45, 2.75) is 18.6 Å². The van der Waals surface area contributed by atoms with Gasteiger partial charge < -0.3 is 14.2 Å². The van der Waals surface area contributed by atoms with Crippen molar-refractivity contribution in [2.24, 2.45) is 0 Å². The first-order valence-electron chi connectivity index (χ1n) is 4.53. The average Bonchev–Trinajstić information content (AvgIpc) is 2.27. The van der Waals surface area contributed by atoms with Gasteiger partial charge in [0.05, 0.1) is 27.2 Å². The van der Waals surface area contributed by atoms with Crippen molar-refractivity contribution in [1.29, 1.82) is 0 Å². The molecule has 0 bridgehead atoms. The van der Waals surface area contributed by atoms with Gasteiger partial charge in [-0.15, -0.1) is 0 Å². The van der Waals surface area contributed by atoms with Crippen LogP contribution in [0.1, 0.15) is 13.3 Å². The number of ether oxygens (including phenoxy) is 3. The molecule has 0 aliphatic heterocycles. The summed E-state index contributed by atoms with van der Waals surface area (Å²) in [4.78, 5) is 22.4. The van der Waals surface area contributed by atoms with E-state index in [-0.39, 0.29) is 10.8 Å². The molecule has 0 N–H and O–H groups in total. The quantitative estimate of drug-likeness (QED) is 0.546. The summed E-state index contributed by atoms with van der Waals surface area (Å²) < 4.78 is 14.3. The number of thiocarbonyl (C=S) groups is 1. The van der Waals surface area contributed by atoms with E-state index in [1.165, 1.54) is 14.2 Å². The van der Waals surface area contributed by atoms with Crippen LogP contribution in [-0.4, -0.2) is 42.4 Å². The molecule has 0 heterocycles. The van der Waals surface area contributed by atoms with Gasteiger partial charge in [0.15, 0.2) is 0 Å². The van der Waals surface area contributed by atoms with Crippen LogP contribution in [0.15, 0.2) is 0 Å². The smallest absolute Gasteiger partial charge is 0.319 e. The Kier molecular flexibility index (Phi) is 7.92. The van der Waals surface area contributed by atoms with E-state index < -0.39 is 17.2 Å². The topological polar surface area (TPSA) is 61.8 Å². The van der Waals surface area contributed by atoms with E-state index in [0.717, 1.165) is 11.8 Å². The van der Waals surface area contributed by atoms with Gasteiger partial charge in [0.1, 0.15) is 5.25 Å². The Morgan fingerprint density at radius 1 is 1.31 bits per heavy atom. The molecule has 0 aromatic heterocycles. The fourth-order valence-electron chi connectivity index (χ4n) is 0.807. The molecular weight excluding hydrogens is 252 g/mol. The Labute approximate surface area is 104 Å². The van der Waals surface area contributed by atoms with Gasteiger partial charge in [0.2, 0.25) is 4.38 Å². The van der Waals surface area contributed by atoms with Crippen LogP contribution in [0.3, 0.4) is 0 Å². The molecule has 1 unspecified atom stereocenters. The molecule has 92 valence electrons. The molecule has 0 saturated carbocycles. The lowest BCUT2D eigenvalue weighted by Gasteiger charge is -2.13. The second-order valence-corrected chi connectivity index (χ2v) is 4.40. The first-order chi connectivity index (χ1) is 7.54. The molecule has 0 spiro atoms. The number of rotatable bonds is 5. The molecule has 0 fully saturated rings. The van der Waals surface area contributed by atoms with Gasteiger partial charge in [-0.3, -0.25) is 9.59 Å². The second kappa shape index (κ2) is 8.35. The highest BCUT2D eigenvalue weighted by Crippen LogP contribution is 2.19. The molecule has 1 atom stereocenters. The third kappa shape index (κ3) is 5.92. The summed E-state index contributed by atoms with van der Waals surface area (Å²) in [6, 6.07) is 0. The van der Waals surface area contributed by atoms with Crippen LogP contribution in [-0.2, 0) is 23.8 Å². The predicted octanol–water partition coefficient (Wildman–Crippen LogP) is 1.15. The third-order valence-corrected chi connectivity index (χ3v) is 2.90. The lowest BCUT2D eigenvalue weighted by molar-refractivity contribution is -0.146. The van der Waals surface area contributed by atoms with Crippen molar-refractivity contribution >= 4 is 40.3 Å². The molecular formula is C9H14O5S2. The number of carbonyl (C=O) groups is 2. The predicted molar refractivity (Wildman–Crippen MR) is 64.3 cm³/mol. The molecule has 0 aromatic rings. The average molecular weight is 266 g/mol. The lowest BCUT2D eigenvalue weighted by atomic mass is 10.3. The maximum atomic E-state index is 11.3. The first-order valence-corrected chi connectivity index (χ1v) is 5.82. The SMILES string of the molecule is CCOC(=S)SC(CC(=O)OC)C(=O)OC. The normalized spacial score (nSPS) is 11.4. The largest absolute Gasteiger partial charge is 0.479 e. The molecule has 0 amide bonds. The van der Waals surface area contributed by atoms with Gasteiger partial charge in [-0.1, -0.05) is 11.8 Å². The van der Waals surface area contributed by atoms with E-state index in [2.05, 4.69) is 9.47 Å². The highest BCUT2D eigenvalue weighted by Gasteiger charge is 2.26. The zero-order chi connectivity index (χ0) is 12.6. The summed E-state index contributed by atoms with van der Waals surface area (Å²) in [5, 5.41) is -0.725. The van der Waals surface area contributed by atoms with Gasteiger partial charge >= 0.3 is 11.9 Å². The van der Waals surface area contributed by atoms with Crippen molar-refractivity contribution in [3.05, 3.63) is 0 Å². The summed E-state index contributed by atoms with van der Waals surface area (Å²) in [6.07, 6.45) is -0.0962. The molecule has 5 nitrogen and oxygen atoms in total. The van der Waals surface area contributed by atoms with E-state index in [1.807, 2.05) is 0 Å². The molecule has 16 heavy (non-hydrogen) atoms. The van der Waals surface area contributed by atoms with Crippen LogP contribution < -0.4 is 0 Å². The number of thioether (sulfide) groups is 1. The monoisotopic (exact) mass is 266 g/mol. The van der Waals surface area contributed by atoms with E-state index in [0.29, 0.717) is 6.61 Å². The molecule has 0 aliphatic carbocycles. The maximum Gasteiger partial charge on any atom is 0.319 e. The fourth-order valence-corrected chi connectivity index (χ4v) is 2.10. The fraction of sp³-hybridized carbons (Fsp3) is 0.667. The second-order valence-electron chi connectivity index (χ2n) is 2.59. The Bertz CT molecular complexity index is 267. The molecule has 0 radical (unpaired) electrons. The molecule has 0 saturated heterocycles. The number of methoxy groups -OCH3 is 2. The Balaban J connectivity index is 4.37. The summed E-state index contributed by atoms with van der Waals surface area (Å²) in [5.74, 6) is -1.03. The zero-order valence-corrected chi connectivity index (χ0v) is 11.0. The minimum Gasteiger partial charge on any atom is -0.479 e. The number of hydrogen-bond donors (Lipinski definition) is 0. The van der Waals surface area contributed by atoms with E-state index in [4.69, 9.17) is 17.0 Å². The third-order valence-electron chi connectivity index (χ3n) is 1.54. The van der Waals surface area contributed by atoms with E-state index in [9.17, 15) is 9.59 Å². The van der Waals surface area contributed by atoms with Gasteiger partial charge in [0, 0.05) is 0 Å². The van der Waals surface area contributed by atoms with Crippen LogP contribution in [0.5, 0.6) is 0 Å². The van der Waals surface area contributed by atoms with Crippen LogP contribution in [0.4, 0.5) is 0 Å². The summed E-state index contributed by atoms with van der Waals surface area (Å²) in [5.41, 5.74) is 0. The van der Waals surface area contributed by atoms with Gasteiger partial charge in [-0.25, -0.2) is 0 Å². The molecule has 0 rings (SSSR count). The minimum atomic E-state index is -0.725. The van der Waals surface area contributed by atoms with Crippen LogP contribution in [0, 0.1) is 0 Å². The van der Waals surface area contributed by atoms with Crippen molar-refractivity contribution in [2.75, 3.05) is 20.8 Å². The van der Waals surface area contributed by atoms with Crippen molar-refractivity contribution < 1.29 is 23.8 Å². The maximum absolute atomic E-state index is 11.3. The summed E-state index contributed by atoms with van der Waals surface area (Å²) in [7, 11) is 2.50.